The number of benzene rings is 2. The average molecular weight is 413 g/mol. The van der Waals surface area contributed by atoms with E-state index in [-0.39, 0.29) is 12.7 Å². The SMILES string of the molecule is Nc1c2c(nn1-c1ccc(Br)cc1)CN(C(=O)OCc1ccccc1)C2. The quantitative estimate of drug-likeness (QED) is 0.708. The van der Waals surface area contributed by atoms with Gasteiger partial charge in [-0.1, -0.05) is 46.3 Å². The summed E-state index contributed by atoms with van der Waals surface area (Å²) >= 11 is 3.42. The number of hydrogen-bond acceptors (Lipinski definition) is 4. The number of nitrogens with two attached hydrogens (primary N) is 1. The highest BCUT2D eigenvalue weighted by molar-refractivity contribution is 9.10. The molecule has 2 heterocycles. The third kappa shape index (κ3) is 3.17. The zero-order valence-electron chi connectivity index (χ0n) is 13.9. The van der Waals surface area contributed by atoms with Gasteiger partial charge in [0.25, 0.3) is 0 Å². The summed E-state index contributed by atoms with van der Waals surface area (Å²) in [6.07, 6.45) is -0.360. The van der Waals surface area contributed by atoms with Crippen molar-refractivity contribution in [2.45, 2.75) is 19.7 Å². The second kappa shape index (κ2) is 6.84. The molecule has 132 valence electrons. The van der Waals surface area contributed by atoms with Crippen LogP contribution in [-0.4, -0.2) is 20.8 Å². The van der Waals surface area contributed by atoms with Gasteiger partial charge in [0.15, 0.2) is 0 Å². The van der Waals surface area contributed by atoms with Gasteiger partial charge in [-0.3, -0.25) is 4.90 Å². The van der Waals surface area contributed by atoms with Crippen LogP contribution in [0, 0.1) is 0 Å². The first-order valence-corrected chi connectivity index (χ1v) is 8.99. The first-order valence-electron chi connectivity index (χ1n) is 8.19. The van der Waals surface area contributed by atoms with E-state index in [2.05, 4.69) is 21.0 Å². The number of amides is 1. The molecule has 1 aromatic heterocycles. The van der Waals surface area contributed by atoms with Crippen molar-refractivity contribution in [2.24, 2.45) is 0 Å². The molecule has 0 saturated carbocycles. The van der Waals surface area contributed by atoms with Crippen molar-refractivity contribution in [3.05, 3.63) is 75.9 Å². The van der Waals surface area contributed by atoms with E-state index in [0.717, 1.165) is 27.0 Å². The van der Waals surface area contributed by atoms with Gasteiger partial charge in [-0.15, -0.1) is 0 Å². The molecule has 2 aromatic carbocycles. The van der Waals surface area contributed by atoms with Crippen molar-refractivity contribution in [1.82, 2.24) is 14.7 Å². The molecule has 0 atom stereocenters. The highest BCUT2D eigenvalue weighted by Crippen LogP contribution is 2.30. The standard InChI is InChI=1S/C19H17BrN4O2/c20-14-6-8-15(9-7-14)24-18(21)16-10-23(11-17(16)22-24)19(25)26-12-13-4-2-1-3-5-13/h1-9H,10-12,21H2. The molecule has 0 bridgehead atoms. The number of nitrogens with zero attached hydrogens (tertiary/aromatic N) is 3. The maximum Gasteiger partial charge on any atom is 0.410 e. The molecule has 1 aliphatic heterocycles. The van der Waals surface area contributed by atoms with Crippen LogP contribution in [0.3, 0.4) is 0 Å². The Morgan fingerprint density at radius 2 is 1.85 bits per heavy atom. The number of fused-ring (bicyclic) bond motifs is 1. The molecular weight excluding hydrogens is 396 g/mol. The van der Waals surface area contributed by atoms with Crippen molar-refractivity contribution in [3.8, 4) is 5.69 Å². The van der Waals surface area contributed by atoms with E-state index in [0.29, 0.717) is 18.9 Å². The Bertz CT molecular complexity index is 938. The molecule has 0 saturated heterocycles. The Labute approximate surface area is 159 Å². The fraction of sp³-hybridized carbons (Fsp3) is 0.158. The van der Waals surface area contributed by atoms with Crippen molar-refractivity contribution in [3.63, 3.8) is 0 Å². The first kappa shape index (κ1) is 16.7. The van der Waals surface area contributed by atoms with E-state index >= 15 is 0 Å². The highest BCUT2D eigenvalue weighted by Gasteiger charge is 2.30. The van der Waals surface area contributed by atoms with Gasteiger partial charge in [0, 0.05) is 10.0 Å². The average Bonchev–Trinajstić information content (AvgIpc) is 3.21. The lowest BCUT2D eigenvalue weighted by molar-refractivity contribution is 0.0951. The van der Waals surface area contributed by atoms with Gasteiger partial charge in [-0.25, -0.2) is 9.48 Å². The molecule has 1 amide bonds. The molecule has 0 unspecified atom stereocenters. The molecule has 6 nitrogen and oxygen atoms in total. The minimum absolute atomic E-state index is 0.252. The first-order chi connectivity index (χ1) is 12.6. The van der Waals surface area contributed by atoms with Crippen LogP contribution in [0.4, 0.5) is 10.6 Å². The van der Waals surface area contributed by atoms with E-state index in [1.807, 2.05) is 54.6 Å². The molecular formula is C19H17BrN4O2. The molecule has 0 radical (unpaired) electrons. The summed E-state index contributed by atoms with van der Waals surface area (Å²) in [7, 11) is 0. The molecule has 7 heteroatoms. The smallest absolute Gasteiger partial charge is 0.410 e. The number of carbonyl (C=O) groups excluding carboxylic acids is 1. The molecule has 26 heavy (non-hydrogen) atoms. The van der Waals surface area contributed by atoms with Gasteiger partial charge in [-0.05, 0) is 29.8 Å². The van der Waals surface area contributed by atoms with E-state index in [1.165, 1.54) is 0 Å². The Morgan fingerprint density at radius 1 is 1.12 bits per heavy atom. The largest absolute Gasteiger partial charge is 0.445 e. The zero-order valence-corrected chi connectivity index (χ0v) is 15.5. The van der Waals surface area contributed by atoms with Gasteiger partial charge >= 0.3 is 6.09 Å². The second-order valence-electron chi connectivity index (χ2n) is 6.09. The van der Waals surface area contributed by atoms with Crippen molar-refractivity contribution >= 4 is 27.8 Å². The lowest BCUT2D eigenvalue weighted by Gasteiger charge is -2.16. The summed E-state index contributed by atoms with van der Waals surface area (Å²) in [5.41, 5.74) is 9.79. The third-order valence-corrected chi connectivity index (χ3v) is 4.86. The van der Waals surface area contributed by atoms with Gasteiger partial charge in [0.05, 0.1) is 24.5 Å². The van der Waals surface area contributed by atoms with E-state index < -0.39 is 0 Å². The summed E-state index contributed by atoms with van der Waals surface area (Å²) in [6, 6.07) is 17.4. The van der Waals surface area contributed by atoms with Crippen LogP contribution in [0.25, 0.3) is 5.69 Å². The summed E-state index contributed by atoms with van der Waals surface area (Å²) in [4.78, 5) is 13.9. The van der Waals surface area contributed by atoms with Crippen LogP contribution >= 0.6 is 15.9 Å². The fourth-order valence-electron chi connectivity index (χ4n) is 2.96. The number of anilines is 1. The topological polar surface area (TPSA) is 73.4 Å². The Hall–Kier alpha value is -2.80. The van der Waals surface area contributed by atoms with Gasteiger partial charge in [0.2, 0.25) is 0 Å². The summed E-state index contributed by atoms with van der Waals surface area (Å²) < 4.78 is 8.09. The monoisotopic (exact) mass is 412 g/mol. The maximum atomic E-state index is 12.3. The predicted octanol–water partition coefficient (Wildman–Crippen LogP) is 3.87. The van der Waals surface area contributed by atoms with E-state index in [1.54, 1.807) is 9.58 Å². The van der Waals surface area contributed by atoms with Crippen LogP contribution in [-0.2, 0) is 24.4 Å². The minimum Gasteiger partial charge on any atom is -0.445 e. The van der Waals surface area contributed by atoms with E-state index in [9.17, 15) is 4.79 Å². The number of rotatable bonds is 3. The Morgan fingerprint density at radius 3 is 2.54 bits per heavy atom. The van der Waals surface area contributed by atoms with Gasteiger partial charge < -0.3 is 10.5 Å². The zero-order chi connectivity index (χ0) is 18.1. The minimum atomic E-state index is -0.360. The number of hydrogen-bond donors (Lipinski definition) is 1. The van der Waals surface area contributed by atoms with Crippen LogP contribution in [0.1, 0.15) is 16.8 Å². The molecule has 0 fully saturated rings. The van der Waals surface area contributed by atoms with Crippen LogP contribution in [0.2, 0.25) is 0 Å². The van der Waals surface area contributed by atoms with Crippen LogP contribution < -0.4 is 5.73 Å². The molecule has 2 N–H and O–H groups in total. The fourth-order valence-corrected chi connectivity index (χ4v) is 3.22. The number of carbonyl (C=O) groups is 1. The normalized spacial score (nSPS) is 12.9. The number of ether oxygens (including phenoxy) is 1. The lowest BCUT2D eigenvalue weighted by Crippen LogP contribution is -2.27. The Balaban J connectivity index is 1.44. The molecule has 4 rings (SSSR count). The van der Waals surface area contributed by atoms with Crippen molar-refractivity contribution in [1.29, 1.82) is 0 Å². The second-order valence-corrected chi connectivity index (χ2v) is 7.01. The molecule has 0 aliphatic carbocycles. The third-order valence-electron chi connectivity index (χ3n) is 4.33. The number of aromatic nitrogens is 2. The van der Waals surface area contributed by atoms with E-state index in [4.69, 9.17) is 10.5 Å². The summed E-state index contributed by atoms with van der Waals surface area (Å²) in [6.45, 7) is 1.06. The number of halogens is 1. The molecule has 0 spiro atoms. The van der Waals surface area contributed by atoms with Crippen LogP contribution in [0.5, 0.6) is 0 Å². The highest BCUT2D eigenvalue weighted by atomic mass is 79.9. The number of nitrogen functional groups attached to an aromatic ring is 1. The lowest BCUT2D eigenvalue weighted by atomic mass is 10.2. The molecule has 3 aromatic rings. The van der Waals surface area contributed by atoms with Crippen LogP contribution in [0.15, 0.2) is 59.1 Å². The van der Waals surface area contributed by atoms with Crippen molar-refractivity contribution in [2.75, 3.05) is 5.73 Å². The summed E-state index contributed by atoms with van der Waals surface area (Å²) in [5, 5.41) is 4.57. The van der Waals surface area contributed by atoms with Gasteiger partial charge in [0.1, 0.15) is 12.4 Å². The predicted molar refractivity (Wildman–Crippen MR) is 102 cm³/mol. The Kier molecular flexibility index (Phi) is 4.38. The van der Waals surface area contributed by atoms with Gasteiger partial charge in [-0.2, -0.15) is 5.10 Å². The maximum absolute atomic E-state index is 12.3. The molecule has 1 aliphatic rings. The van der Waals surface area contributed by atoms with Crippen molar-refractivity contribution < 1.29 is 9.53 Å². The summed E-state index contributed by atoms with van der Waals surface area (Å²) in [5.74, 6) is 0.556.